The Morgan fingerprint density at radius 1 is 0.596 bits per heavy atom. The second-order valence-corrected chi connectivity index (χ2v) is 15.3. The lowest BCUT2D eigenvalue weighted by molar-refractivity contribution is 0.0516. The summed E-state index contributed by atoms with van der Waals surface area (Å²) in [5, 5.41) is 9.53. The lowest BCUT2D eigenvalue weighted by Crippen LogP contribution is -2.31. The largest absolute Gasteiger partial charge is 0.462 e. The van der Waals surface area contributed by atoms with Crippen molar-refractivity contribution in [1.29, 1.82) is 0 Å². The molecule has 4 aromatic rings. The van der Waals surface area contributed by atoms with Crippen LogP contribution in [-0.4, -0.2) is 46.5 Å². The summed E-state index contributed by atoms with van der Waals surface area (Å²) in [5.41, 5.74) is 9.23. The number of aryl methyl sites for hydroxylation is 2. The molecule has 6 heterocycles. The van der Waals surface area contributed by atoms with E-state index < -0.39 is 11.9 Å². The Morgan fingerprint density at radius 2 is 0.962 bits per heavy atom. The first-order valence-electron chi connectivity index (χ1n) is 17.9. The minimum absolute atomic E-state index is 0.165. The minimum Gasteiger partial charge on any atom is -0.462 e. The molecule has 10 rings (SSSR count). The Balaban J connectivity index is 1.49. The van der Waals surface area contributed by atoms with Crippen LogP contribution >= 0.6 is 0 Å². The molecule has 6 aliphatic rings. The number of aromatic nitrogens is 2. The molecule has 0 N–H and O–H groups in total. The van der Waals surface area contributed by atoms with Gasteiger partial charge < -0.3 is 19.1 Å². The first kappa shape index (κ1) is 35.0. The topological polar surface area (TPSA) is 122 Å². The maximum Gasteiger partial charge on any atom is 0.340 e. The van der Waals surface area contributed by atoms with Crippen LogP contribution in [-0.2, 0) is 22.3 Å². The molecule has 0 atom stereocenters. The summed E-state index contributed by atoms with van der Waals surface area (Å²) in [4.78, 5) is 49.4. The Bertz CT molecular complexity index is 2010. The summed E-state index contributed by atoms with van der Waals surface area (Å²) in [6.45, 7) is 16.4. The zero-order valence-electron chi connectivity index (χ0n) is 31.1. The Labute approximate surface area is 304 Å². The molecule has 4 aliphatic heterocycles. The molecular weight excluding hydrogens is 656 g/mol. The summed E-state index contributed by atoms with van der Waals surface area (Å²) in [7, 11) is 0. The molecule has 52 heavy (non-hydrogen) atoms. The van der Waals surface area contributed by atoms with Crippen molar-refractivity contribution in [3.05, 3.63) is 93.6 Å². The molecular formula is C42H44N4O6. The predicted molar refractivity (Wildman–Crippen MR) is 199 cm³/mol. The van der Waals surface area contributed by atoms with Gasteiger partial charge in [0.2, 0.25) is 0 Å². The number of carbonyl (C=O) groups excluding carboxylic acids is 2. The van der Waals surface area contributed by atoms with Gasteiger partial charge in [0.1, 0.15) is 0 Å². The van der Waals surface area contributed by atoms with Crippen molar-refractivity contribution < 1.29 is 28.7 Å². The van der Waals surface area contributed by atoms with Gasteiger partial charge in [-0.1, -0.05) is 62.3 Å². The van der Waals surface area contributed by atoms with E-state index in [2.05, 4.69) is 27.7 Å². The molecule has 268 valence electrons. The number of nitrogens with zero attached hydrogens (tertiary/aromatic N) is 4. The average molecular weight is 701 g/mol. The molecule has 0 radical (unpaired) electrons. The van der Waals surface area contributed by atoms with E-state index in [-0.39, 0.29) is 24.0 Å². The highest BCUT2D eigenvalue weighted by atomic mass is 16.6. The van der Waals surface area contributed by atoms with Crippen LogP contribution in [0.3, 0.4) is 0 Å². The van der Waals surface area contributed by atoms with Gasteiger partial charge in [-0.15, -0.1) is 0 Å². The van der Waals surface area contributed by atoms with Crippen LogP contribution in [0.5, 0.6) is 11.5 Å². The summed E-state index contributed by atoms with van der Waals surface area (Å²) < 4.78 is 11.1. The fraction of sp³-hybridized carbons (Fsp3) is 0.381. The third-order valence-electron chi connectivity index (χ3n) is 9.83. The van der Waals surface area contributed by atoms with Crippen LogP contribution in [0.25, 0.3) is 22.3 Å². The number of rotatable bonds is 4. The van der Waals surface area contributed by atoms with Crippen molar-refractivity contribution in [3.8, 4) is 33.8 Å². The normalized spacial score (nSPS) is 16.5. The molecule has 2 aliphatic carbocycles. The minimum atomic E-state index is -0.444. The quantitative estimate of drug-likeness (QED) is 0.194. The number of oxime groups is 2. The lowest BCUT2D eigenvalue weighted by atomic mass is 9.72. The van der Waals surface area contributed by atoms with Gasteiger partial charge in [0, 0.05) is 22.3 Å². The fourth-order valence-electron chi connectivity index (χ4n) is 7.74. The van der Waals surface area contributed by atoms with Crippen LogP contribution in [0.4, 0.5) is 0 Å². The van der Waals surface area contributed by atoms with Gasteiger partial charge in [0.05, 0.1) is 58.5 Å². The molecule has 2 aromatic heterocycles. The second kappa shape index (κ2) is 13.3. The van der Waals surface area contributed by atoms with Gasteiger partial charge in [-0.25, -0.2) is 9.59 Å². The Kier molecular flexibility index (Phi) is 8.97. The first-order valence-corrected chi connectivity index (χ1v) is 17.9. The zero-order valence-corrected chi connectivity index (χ0v) is 31.1. The SMILES string of the molecule is CCOC(=O)c1c(C)nc2c3c1-c1ccc(cc1)ON=C1CC(C)(C)Cc4nc(C)c(C(=O)OCC)c(c41)-c1ccc(cc1)ON=C3CC(C)(C)C2. The van der Waals surface area contributed by atoms with Crippen LogP contribution in [0, 0.1) is 24.7 Å². The number of ether oxygens (including phenoxy) is 2. The van der Waals surface area contributed by atoms with Crippen molar-refractivity contribution in [3.63, 3.8) is 0 Å². The molecule has 10 nitrogen and oxygen atoms in total. The maximum absolute atomic E-state index is 13.6. The molecule has 0 amide bonds. The second-order valence-electron chi connectivity index (χ2n) is 15.3. The number of carbonyl (C=O) groups is 2. The van der Waals surface area contributed by atoms with E-state index in [1.807, 2.05) is 62.4 Å². The summed E-state index contributed by atoms with van der Waals surface area (Å²) in [6, 6.07) is 15.0. The smallest absolute Gasteiger partial charge is 0.340 e. The summed E-state index contributed by atoms with van der Waals surface area (Å²) in [6.07, 6.45) is 2.58. The Hall–Kier alpha value is -5.38. The van der Waals surface area contributed by atoms with Crippen molar-refractivity contribution in [2.24, 2.45) is 21.1 Å². The monoisotopic (exact) mass is 700 g/mol. The number of pyridine rings is 2. The van der Waals surface area contributed by atoms with Gasteiger partial charge in [0.25, 0.3) is 0 Å². The molecule has 10 heteroatoms. The third kappa shape index (κ3) is 6.46. The Morgan fingerprint density at radius 3 is 1.31 bits per heavy atom. The molecule has 0 fully saturated rings. The van der Waals surface area contributed by atoms with E-state index in [0.717, 1.165) is 33.6 Å². The number of hydrogen-bond donors (Lipinski definition) is 0. The number of benzene rings is 2. The first-order chi connectivity index (χ1) is 24.8. The zero-order chi connectivity index (χ0) is 36.9. The van der Waals surface area contributed by atoms with E-state index in [1.165, 1.54) is 0 Å². The van der Waals surface area contributed by atoms with Crippen molar-refractivity contribution >= 4 is 23.4 Å². The predicted octanol–water partition coefficient (Wildman–Crippen LogP) is 8.61. The molecule has 2 aromatic carbocycles. The van der Waals surface area contributed by atoms with Gasteiger partial charge >= 0.3 is 11.9 Å². The highest BCUT2D eigenvalue weighted by Crippen LogP contribution is 2.44. The standard InChI is InChI=1S/C42H44N4O6/c1-9-49-39(47)33-23(3)43-29-19-41(5,6)21-31-37(29)35(33)25-11-15-27(16-12-25)52-46-32-22-42(7,8)20-30-38(32)36(26-13-17-28(18-14-26)51-45-31)34(24(4)44-30)40(48)50-10-2/h11-18H,9-10,19-22H2,1-8H3. The van der Waals surface area contributed by atoms with Crippen LogP contribution in [0.1, 0.15) is 109 Å². The van der Waals surface area contributed by atoms with E-state index in [4.69, 9.17) is 39.4 Å². The summed E-state index contributed by atoms with van der Waals surface area (Å²) >= 11 is 0. The van der Waals surface area contributed by atoms with Crippen LogP contribution in [0.2, 0.25) is 0 Å². The van der Waals surface area contributed by atoms with E-state index in [9.17, 15) is 9.59 Å². The molecule has 0 spiro atoms. The van der Waals surface area contributed by atoms with Crippen LogP contribution < -0.4 is 9.68 Å². The van der Waals surface area contributed by atoms with E-state index >= 15 is 0 Å². The highest BCUT2D eigenvalue weighted by Gasteiger charge is 2.38. The molecule has 0 saturated heterocycles. The van der Waals surface area contributed by atoms with E-state index in [0.29, 0.717) is 82.2 Å². The van der Waals surface area contributed by atoms with Gasteiger partial charge in [0.15, 0.2) is 11.5 Å². The lowest BCUT2D eigenvalue weighted by Gasteiger charge is -2.33. The number of hydrogen-bond acceptors (Lipinski definition) is 10. The molecule has 0 unspecified atom stereocenters. The van der Waals surface area contributed by atoms with Crippen molar-refractivity contribution in [1.82, 2.24) is 9.97 Å². The molecule has 0 saturated carbocycles. The average Bonchev–Trinajstić information content (AvgIpc) is 3.07. The fourth-order valence-corrected chi connectivity index (χ4v) is 7.74. The third-order valence-corrected chi connectivity index (χ3v) is 9.83. The van der Waals surface area contributed by atoms with Crippen LogP contribution in [0.15, 0.2) is 58.8 Å². The number of esters is 2. The maximum atomic E-state index is 13.6. The summed E-state index contributed by atoms with van der Waals surface area (Å²) in [5.74, 6) is 0.129. The van der Waals surface area contributed by atoms with Crippen molar-refractivity contribution in [2.45, 2.75) is 81.1 Å². The molecule has 4 bridgehead atoms. The van der Waals surface area contributed by atoms with Crippen molar-refractivity contribution in [2.75, 3.05) is 13.2 Å². The van der Waals surface area contributed by atoms with Gasteiger partial charge in [-0.3, -0.25) is 9.97 Å². The van der Waals surface area contributed by atoms with E-state index in [1.54, 1.807) is 13.8 Å². The highest BCUT2D eigenvalue weighted by molar-refractivity contribution is 6.13. The van der Waals surface area contributed by atoms with Gasteiger partial charge in [-0.05, 0) is 99.6 Å². The van der Waals surface area contributed by atoms with Gasteiger partial charge in [-0.2, -0.15) is 0 Å².